The van der Waals surface area contributed by atoms with Gasteiger partial charge in [0.25, 0.3) is 0 Å². The molecule has 1 fully saturated rings. The first-order valence-electron chi connectivity index (χ1n) is 7.28. The fraction of sp³-hybridized carbons (Fsp3) is 0.375. The van der Waals surface area contributed by atoms with Crippen LogP contribution in [-0.4, -0.2) is 36.3 Å². The lowest BCUT2D eigenvalue weighted by Crippen LogP contribution is -2.32. The zero-order chi connectivity index (χ0) is 15.5. The zero-order valence-corrected chi connectivity index (χ0v) is 15.0. The number of pyridine rings is 1. The number of aromatic nitrogens is 1. The number of rotatable bonds is 4. The number of carbonyl (C=O) groups excluding carboxylic acids is 1. The molecule has 5 nitrogen and oxygen atoms in total. The van der Waals surface area contributed by atoms with E-state index in [0.29, 0.717) is 25.5 Å². The fourth-order valence-corrected chi connectivity index (χ4v) is 2.94. The van der Waals surface area contributed by atoms with E-state index in [9.17, 15) is 4.79 Å². The molecule has 0 radical (unpaired) electrons. The predicted octanol–water partition coefficient (Wildman–Crippen LogP) is 3.09. The van der Waals surface area contributed by atoms with Gasteiger partial charge in [0.05, 0.1) is 6.61 Å². The SMILES string of the molecule is CCOC(=O)[C@@H]1C[C@@H](Oc2nccc3ccc(Br)cc23)CN1.Cl. The average Bonchev–Trinajstić information content (AvgIpc) is 2.97. The topological polar surface area (TPSA) is 60.5 Å². The quantitative estimate of drug-likeness (QED) is 0.798. The summed E-state index contributed by atoms with van der Waals surface area (Å²) in [5.74, 6) is 0.373. The Hall–Kier alpha value is -1.37. The summed E-state index contributed by atoms with van der Waals surface area (Å²) < 4.78 is 12.0. The monoisotopic (exact) mass is 400 g/mol. The van der Waals surface area contributed by atoms with Crippen molar-refractivity contribution in [2.45, 2.75) is 25.5 Å². The summed E-state index contributed by atoms with van der Waals surface area (Å²) in [6, 6.07) is 7.64. The Morgan fingerprint density at radius 3 is 3.04 bits per heavy atom. The summed E-state index contributed by atoms with van der Waals surface area (Å²) in [4.78, 5) is 16.1. The molecule has 1 saturated heterocycles. The molecule has 0 bridgehead atoms. The standard InChI is InChI=1S/C16H17BrN2O3.ClH/c1-2-21-16(20)14-8-12(9-19-14)22-15-13-7-11(17)4-3-10(13)5-6-18-15;/h3-7,12,14,19H,2,8-9H2,1H3;1H/t12-,14+;/m1./s1. The summed E-state index contributed by atoms with van der Waals surface area (Å²) in [7, 11) is 0. The fourth-order valence-electron chi connectivity index (χ4n) is 2.58. The number of esters is 1. The normalized spacial score (nSPS) is 20.1. The highest BCUT2D eigenvalue weighted by Gasteiger charge is 2.32. The molecule has 7 heteroatoms. The van der Waals surface area contributed by atoms with E-state index in [1.165, 1.54) is 0 Å². The maximum absolute atomic E-state index is 11.7. The van der Waals surface area contributed by atoms with Crippen LogP contribution in [0.5, 0.6) is 5.88 Å². The van der Waals surface area contributed by atoms with Crippen LogP contribution in [-0.2, 0) is 9.53 Å². The van der Waals surface area contributed by atoms with Crippen LogP contribution in [0.25, 0.3) is 10.8 Å². The van der Waals surface area contributed by atoms with Crippen molar-refractivity contribution in [3.63, 3.8) is 0 Å². The Morgan fingerprint density at radius 2 is 2.26 bits per heavy atom. The minimum Gasteiger partial charge on any atom is -0.472 e. The summed E-state index contributed by atoms with van der Waals surface area (Å²) in [6.45, 7) is 2.80. The van der Waals surface area contributed by atoms with E-state index >= 15 is 0 Å². The van der Waals surface area contributed by atoms with Gasteiger partial charge in [0.2, 0.25) is 5.88 Å². The van der Waals surface area contributed by atoms with Crippen molar-refractivity contribution in [2.24, 2.45) is 0 Å². The van der Waals surface area contributed by atoms with Crippen LogP contribution in [0.1, 0.15) is 13.3 Å². The van der Waals surface area contributed by atoms with E-state index in [4.69, 9.17) is 9.47 Å². The molecule has 1 aromatic heterocycles. The van der Waals surface area contributed by atoms with Crippen molar-refractivity contribution in [1.82, 2.24) is 10.3 Å². The van der Waals surface area contributed by atoms with E-state index in [0.717, 1.165) is 15.2 Å². The van der Waals surface area contributed by atoms with Gasteiger partial charge in [-0.05, 0) is 30.5 Å². The van der Waals surface area contributed by atoms with Gasteiger partial charge >= 0.3 is 5.97 Å². The molecule has 2 atom stereocenters. The van der Waals surface area contributed by atoms with E-state index in [-0.39, 0.29) is 30.5 Å². The molecule has 1 aliphatic heterocycles. The lowest BCUT2D eigenvalue weighted by Gasteiger charge is -2.14. The maximum atomic E-state index is 11.7. The third-order valence-corrected chi connectivity index (χ3v) is 4.12. The average molecular weight is 402 g/mol. The molecule has 0 spiro atoms. The summed E-state index contributed by atoms with van der Waals surface area (Å²) in [5, 5.41) is 5.16. The number of hydrogen-bond donors (Lipinski definition) is 1. The number of hydrogen-bond acceptors (Lipinski definition) is 5. The smallest absolute Gasteiger partial charge is 0.323 e. The van der Waals surface area contributed by atoms with Crippen LogP contribution in [0.15, 0.2) is 34.9 Å². The van der Waals surface area contributed by atoms with Gasteiger partial charge < -0.3 is 14.8 Å². The van der Waals surface area contributed by atoms with Gasteiger partial charge in [0, 0.05) is 29.0 Å². The summed E-state index contributed by atoms with van der Waals surface area (Å²) in [6.07, 6.45) is 2.23. The lowest BCUT2D eigenvalue weighted by molar-refractivity contribution is -0.145. The maximum Gasteiger partial charge on any atom is 0.323 e. The number of carbonyl (C=O) groups is 1. The molecule has 2 aromatic rings. The highest BCUT2D eigenvalue weighted by Crippen LogP contribution is 2.28. The van der Waals surface area contributed by atoms with Crippen LogP contribution < -0.4 is 10.1 Å². The van der Waals surface area contributed by atoms with Crippen molar-refractivity contribution in [1.29, 1.82) is 0 Å². The van der Waals surface area contributed by atoms with Gasteiger partial charge in [-0.15, -0.1) is 12.4 Å². The predicted molar refractivity (Wildman–Crippen MR) is 94.1 cm³/mol. The van der Waals surface area contributed by atoms with Crippen molar-refractivity contribution in [2.75, 3.05) is 13.2 Å². The number of nitrogens with one attached hydrogen (secondary N) is 1. The Morgan fingerprint density at radius 1 is 1.43 bits per heavy atom. The molecular formula is C16H18BrClN2O3. The van der Waals surface area contributed by atoms with Gasteiger partial charge in [-0.2, -0.15) is 0 Å². The third-order valence-electron chi connectivity index (χ3n) is 3.63. The highest BCUT2D eigenvalue weighted by atomic mass is 79.9. The van der Waals surface area contributed by atoms with Crippen molar-refractivity contribution in [3.8, 4) is 5.88 Å². The first kappa shape index (κ1) is 18.0. The van der Waals surface area contributed by atoms with Crippen molar-refractivity contribution in [3.05, 3.63) is 34.9 Å². The molecule has 0 saturated carbocycles. The summed E-state index contributed by atoms with van der Waals surface area (Å²) >= 11 is 3.47. The number of halogens is 2. The van der Waals surface area contributed by atoms with Crippen LogP contribution in [0.2, 0.25) is 0 Å². The second kappa shape index (κ2) is 7.95. The van der Waals surface area contributed by atoms with Crippen LogP contribution in [0.3, 0.4) is 0 Å². The minimum absolute atomic E-state index is 0. The third kappa shape index (κ3) is 4.13. The molecule has 0 aliphatic carbocycles. The van der Waals surface area contributed by atoms with Crippen molar-refractivity contribution >= 4 is 45.1 Å². The Balaban J connectivity index is 0.00000192. The molecule has 23 heavy (non-hydrogen) atoms. The van der Waals surface area contributed by atoms with Crippen molar-refractivity contribution < 1.29 is 14.3 Å². The van der Waals surface area contributed by atoms with Crippen LogP contribution in [0, 0.1) is 0 Å². The van der Waals surface area contributed by atoms with E-state index in [1.54, 1.807) is 13.1 Å². The molecule has 2 heterocycles. The number of benzene rings is 1. The molecule has 1 aromatic carbocycles. The molecule has 1 aliphatic rings. The molecular weight excluding hydrogens is 384 g/mol. The second-order valence-electron chi connectivity index (χ2n) is 5.17. The highest BCUT2D eigenvalue weighted by molar-refractivity contribution is 9.10. The van der Waals surface area contributed by atoms with E-state index in [1.807, 2.05) is 24.3 Å². The molecule has 0 unspecified atom stereocenters. The van der Waals surface area contributed by atoms with E-state index < -0.39 is 0 Å². The summed E-state index contributed by atoms with van der Waals surface area (Å²) in [5.41, 5.74) is 0. The number of ether oxygens (including phenoxy) is 2. The lowest BCUT2D eigenvalue weighted by atomic mass is 10.1. The van der Waals surface area contributed by atoms with Gasteiger partial charge in [0.15, 0.2) is 0 Å². The Bertz CT molecular complexity index is 698. The van der Waals surface area contributed by atoms with Gasteiger partial charge in [-0.1, -0.05) is 22.0 Å². The van der Waals surface area contributed by atoms with Gasteiger partial charge in [0.1, 0.15) is 12.1 Å². The van der Waals surface area contributed by atoms with Gasteiger partial charge in [-0.25, -0.2) is 4.98 Å². The van der Waals surface area contributed by atoms with Gasteiger partial charge in [-0.3, -0.25) is 4.79 Å². The zero-order valence-electron chi connectivity index (χ0n) is 12.6. The first-order valence-corrected chi connectivity index (χ1v) is 8.07. The molecule has 124 valence electrons. The van der Waals surface area contributed by atoms with Crippen LogP contribution >= 0.6 is 28.3 Å². The van der Waals surface area contributed by atoms with Crippen LogP contribution in [0.4, 0.5) is 0 Å². The number of nitrogens with zero attached hydrogens (tertiary/aromatic N) is 1. The molecule has 3 rings (SSSR count). The minimum atomic E-state index is -0.299. The van der Waals surface area contributed by atoms with E-state index in [2.05, 4.69) is 26.2 Å². The Kier molecular flexibility index (Phi) is 6.21. The molecule has 1 N–H and O–H groups in total. The first-order chi connectivity index (χ1) is 10.7. The second-order valence-corrected chi connectivity index (χ2v) is 6.09. The number of fused-ring (bicyclic) bond motifs is 1. The Labute approximate surface area is 149 Å². The molecule has 0 amide bonds. The largest absolute Gasteiger partial charge is 0.472 e.